The van der Waals surface area contributed by atoms with E-state index >= 15 is 0 Å². The van der Waals surface area contributed by atoms with Gasteiger partial charge >= 0.3 is 0 Å². The molecule has 0 fully saturated rings. The summed E-state index contributed by atoms with van der Waals surface area (Å²) in [6.07, 6.45) is 5.53. The van der Waals surface area contributed by atoms with E-state index in [1.54, 1.807) is 0 Å². The summed E-state index contributed by atoms with van der Waals surface area (Å²) in [6.45, 7) is 7.14. The zero-order valence-corrected chi connectivity index (χ0v) is 10.2. The lowest BCUT2D eigenvalue weighted by atomic mass is 10.1. The van der Waals surface area contributed by atoms with Gasteiger partial charge in [-0.3, -0.25) is 0 Å². The van der Waals surface area contributed by atoms with Crippen LogP contribution < -0.4 is 0 Å². The average Bonchev–Trinajstić information content (AvgIpc) is 2.01. The quantitative estimate of drug-likeness (QED) is 0.409. The van der Waals surface area contributed by atoms with E-state index in [2.05, 4.69) is 31.1 Å². The fourth-order valence-corrected chi connectivity index (χ4v) is 1.66. The van der Waals surface area contributed by atoms with Gasteiger partial charge < -0.3 is 5.11 Å². The lowest BCUT2D eigenvalue weighted by molar-refractivity contribution is 0.282. The van der Waals surface area contributed by atoms with E-state index in [1.165, 1.54) is 12.8 Å². The van der Waals surface area contributed by atoms with Crippen LogP contribution in [0.5, 0.6) is 0 Å². The molecule has 0 unspecified atom stereocenters. The molecule has 0 amide bonds. The van der Waals surface area contributed by atoms with Crippen molar-refractivity contribution in [1.82, 2.24) is 0 Å². The van der Waals surface area contributed by atoms with E-state index < -0.39 is 8.07 Å². The van der Waals surface area contributed by atoms with Crippen molar-refractivity contribution < 1.29 is 5.11 Å². The van der Waals surface area contributed by atoms with Crippen LogP contribution in [-0.2, 0) is 0 Å². The molecule has 13 heavy (non-hydrogen) atoms. The topological polar surface area (TPSA) is 20.2 Å². The Morgan fingerprint density at radius 1 is 1.00 bits per heavy atom. The highest BCUT2D eigenvalue weighted by molar-refractivity contribution is 6.83. The molecule has 0 aliphatic heterocycles. The maximum Gasteiger partial charge on any atom is 0.129 e. The first-order chi connectivity index (χ1) is 6.06. The molecule has 0 saturated carbocycles. The number of hydrogen-bond acceptors (Lipinski definition) is 1. The Morgan fingerprint density at radius 3 is 2.15 bits per heavy atom. The number of rotatable bonds is 5. The molecule has 2 heteroatoms. The van der Waals surface area contributed by atoms with Crippen LogP contribution in [0.2, 0.25) is 19.6 Å². The standard InChI is InChI=1S/C11H22OSi/c1-13(2,3)11-9-7-5-4-6-8-10-12/h12H,4-8,10H2,1-3H3. The summed E-state index contributed by atoms with van der Waals surface area (Å²) in [4.78, 5) is 0. The van der Waals surface area contributed by atoms with Gasteiger partial charge in [-0.1, -0.05) is 32.5 Å². The predicted octanol–water partition coefficient (Wildman–Crippen LogP) is 2.81. The van der Waals surface area contributed by atoms with Crippen LogP contribution in [0.25, 0.3) is 0 Å². The van der Waals surface area contributed by atoms with E-state index in [0.29, 0.717) is 6.61 Å². The zero-order chi connectivity index (χ0) is 10.2. The van der Waals surface area contributed by atoms with Crippen LogP contribution in [0.1, 0.15) is 32.1 Å². The van der Waals surface area contributed by atoms with Crippen LogP contribution in [-0.4, -0.2) is 19.8 Å². The van der Waals surface area contributed by atoms with Gasteiger partial charge in [0, 0.05) is 13.0 Å². The number of aliphatic hydroxyl groups is 1. The molecule has 0 rings (SSSR count). The lowest BCUT2D eigenvalue weighted by Crippen LogP contribution is -2.16. The first-order valence-electron chi connectivity index (χ1n) is 5.17. The average molecular weight is 198 g/mol. The third kappa shape index (κ3) is 11.7. The van der Waals surface area contributed by atoms with Crippen molar-refractivity contribution in [3.05, 3.63) is 0 Å². The molecule has 76 valence electrons. The van der Waals surface area contributed by atoms with Gasteiger partial charge in [-0.05, 0) is 12.8 Å². The minimum absolute atomic E-state index is 0.334. The van der Waals surface area contributed by atoms with Crippen LogP contribution in [0, 0.1) is 11.5 Å². The van der Waals surface area contributed by atoms with Gasteiger partial charge in [0.1, 0.15) is 8.07 Å². The lowest BCUT2D eigenvalue weighted by Gasteiger charge is -2.03. The molecular weight excluding hydrogens is 176 g/mol. The third-order valence-electron chi connectivity index (χ3n) is 1.67. The monoisotopic (exact) mass is 198 g/mol. The molecule has 0 aromatic carbocycles. The second-order valence-electron chi connectivity index (χ2n) is 4.44. The largest absolute Gasteiger partial charge is 0.396 e. The van der Waals surface area contributed by atoms with Crippen LogP contribution >= 0.6 is 0 Å². The van der Waals surface area contributed by atoms with Crippen molar-refractivity contribution in [3.8, 4) is 11.5 Å². The van der Waals surface area contributed by atoms with Crippen molar-refractivity contribution in [1.29, 1.82) is 0 Å². The van der Waals surface area contributed by atoms with E-state index in [1.807, 2.05) is 0 Å². The Bertz CT molecular complexity index is 171. The van der Waals surface area contributed by atoms with Gasteiger partial charge in [-0.15, -0.1) is 11.5 Å². The zero-order valence-electron chi connectivity index (χ0n) is 9.19. The number of unbranched alkanes of at least 4 members (excludes halogenated alkanes) is 4. The number of hydrogen-bond donors (Lipinski definition) is 1. The Balaban J connectivity index is 3.28. The van der Waals surface area contributed by atoms with E-state index in [0.717, 1.165) is 19.3 Å². The molecule has 0 aliphatic carbocycles. The fraction of sp³-hybridized carbons (Fsp3) is 0.818. The van der Waals surface area contributed by atoms with Gasteiger partial charge in [0.25, 0.3) is 0 Å². The molecule has 0 aliphatic rings. The second-order valence-corrected chi connectivity index (χ2v) is 9.19. The van der Waals surface area contributed by atoms with E-state index in [9.17, 15) is 0 Å². The summed E-state index contributed by atoms with van der Waals surface area (Å²) in [5, 5.41) is 8.55. The molecule has 1 nitrogen and oxygen atoms in total. The minimum atomic E-state index is -1.13. The summed E-state index contributed by atoms with van der Waals surface area (Å²) < 4.78 is 0. The molecule has 0 bridgehead atoms. The van der Waals surface area contributed by atoms with Gasteiger partial charge in [0.2, 0.25) is 0 Å². The Kier molecular flexibility index (Phi) is 7.03. The third-order valence-corrected chi connectivity index (χ3v) is 2.60. The van der Waals surface area contributed by atoms with Crippen LogP contribution in [0.15, 0.2) is 0 Å². The Morgan fingerprint density at radius 2 is 1.62 bits per heavy atom. The molecule has 0 atom stereocenters. The van der Waals surface area contributed by atoms with Crippen molar-refractivity contribution >= 4 is 8.07 Å². The highest BCUT2D eigenvalue weighted by Gasteiger charge is 2.06. The molecule has 0 aromatic heterocycles. The molecule has 0 saturated heterocycles. The molecular formula is C11H22OSi. The summed E-state index contributed by atoms with van der Waals surface area (Å²) in [5.74, 6) is 3.25. The number of aliphatic hydroxyl groups excluding tert-OH is 1. The van der Waals surface area contributed by atoms with Crippen molar-refractivity contribution in [3.63, 3.8) is 0 Å². The second kappa shape index (κ2) is 7.17. The highest BCUT2D eigenvalue weighted by atomic mass is 28.3. The molecule has 0 heterocycles. The summed E-state index contributed by atoms with van der Waals surface area (Å²) in [6, 6.07) is 0. The fourth-order valence-electron chi connectivity index (χ4n) is 1.01. The highest BCUT2D eigenvalue weighted by Crippen LogP contribution is 2.02. The van der Waals surface area contributed by atoms with Crippen molar-refractivity contribution in [2.24, 2.45) is 0 Å². The first kappa shape index (κ1) is 12.7. The molecule has 1 N–H and O–H groups in total. The summed E-state index contributed by atoms with van der Waals surface area (Å²) in [7, 11) is -1.13. The molecule has 0 aromatic rings. The van der Waals surface area contributed by atoms with Gasteiger partial charge in [-0.25, -0.2) is 0 Å². The van der Waals surface area contributed by atoms with E-state index in [4.69, 9.17) is 5.11 Å². The summed E-state index contributed by atoms with van der Waals surface area (Å²) >= 11 is 0. The van der Waals surface area contributed by atoms with E-state index in [-0.39, 0.29) is 0 Å². The normalized spacial score (nSPS) is 10.8. The van der Waals surface area contributed by atoms with Gasteiger partial charge in [0.15, 0.2) is 0 Å². The maximum atomic E-state index is 8.55. The predicted molar refractivity (Wildman–Crippen MR) is 61.3 cm³/mol. The summed E-state index contributed by atoms with van der Waals surface area (Å²) in [5.41, 5.74) is 3.35. The van der Waals surface area contributed by atoms with Crippen LogP contribution in [0.3, 0.4) is 0 Å². The van der Waals surface area contributed by atoms with Crippen molar-refractivity contribution in [2.45, 2.75) is 51.7 Å². The van der Waals surface area contributed by atoms with Gasteiger partial charge in [-0.2, -0.15) is 0 Å². The Labute approximate surface area is 83.6 Å². The van der Waals surface area contributed by atoms with Crippen LogP contribution in [0.4, 0.5) is 0 Å². The van der Waals surface area contributed by atoms with Crippen molar-refractivity contribution in [2.75, 3.05) is 6.61 Å². The maximum absolute atomic E-state index is 8.55. The molecule has 0 spiro atoms. The molecule has 0 radical (unpaired) electrons. The minimum Gasteiger partial charge on any atom is -0.396 e. The SMILES string of the molecule is C[Si](C)(C)C#CCCCCCCO. The first-order valence-corrected chi connectivity index (χ1v) is 8.67. The Hall–Kier alpha value is -0.263. The van der Waals surface area contributed by atoms with Gasteiger partial charge in [0.05, 0.1) is 0 Å². The smallest absolute Gasteiger partial charge is 0.129 e.